The Hall–Kier alpha value is -2.21. The minimum absolute atomic E-state index is 0.0650. The zero-order valence-electron chi connectivity index (χ0n) is 15.1. The predicted octanol–water partition coefficient (Wildman–Crippen LogP) is 2.42. The lowest BCUT2D eigenvalue weighted by Gasteiger charge is -2.09. The number of hydrogen-bond donors (Lipinski definition) is 1. The molecular formula is C19H27N3O3. The first-order valence-electron chi connectivity index (χ1n) is 8.92. The molecule has 1 aromatic heterocycles. The van der Waals surface area contributed by atoms with Crippen molar-refractivity contribution < 1.29 is 9.53 Å². The van der Waals surface area contributed by atoms with Gasteiger partial charge < -0.3 is 10.1 Å². The van der Waals surface area contributed by atoms with Crippen molar-refractivity contribution in [3.05, 3.63) is 40.4 Å². The van der Waals surface area contributed by atoms with E-state index in [1.807, 2.05) is 19.1 Å². The molecule has 1 heterocycles. The smallest absolute Gasteiger partial charge is 0.261 e. The number of fused-ring (bicyclic) bond motifs is 1. The first-order chi connectivity index (χ1) is 12.1. The van der Waals surface area contributed by atoms with Gasteiger partial charge >= 0.3 is 0 Å². The monoisotopic (exact) mass is 345 g/mol. The number of carbonyl (C=O) groups excluding carboxylic acids is 1. The van der Waals surface area contributed by atoms with Gasteiger partial charge in [-0.1, -0.05) is 25.5 Å². The summed E-state index contributed by atoms with van der Waals surface area (Å²) in [7, 11) is 0. The number of aromatic nitrogens is 2. The molecule has 136 valence electrons. The molecule has 1 N–H and O–H groups in total. The summed E-state index contributed by atoms with van der Waals surface area (Å²) in [6.45, 7) is 6.42. The summed E-state index contributed by atoms with van der Waals surface area (Å²) in [4.78, 5) is 28.7. The highest BCUT2D eigenvalue weighted by Crippen LogP contribution is 2.11. The molecule has 0 saturated carbocycles. The Labute approximate surface area is 148 Å². The van der Waals surface area contributed by atoms with Crippen LogP contribution < -0.4 is 10.9 Å². The fraction of sp³-hybridized carbons (Fsp3) is 0.526. The number of hydrogen-bond acceptors (Lipinski definition) is 4. The van der Waals surface area contributed by atoms with Gasteiger partial charge in [0.2, 0.25) is 5.91 Å². The summed E-state index contributed by atoms with van der Waals surface area (Å²) in [6.07, 6.45) is 4.77. The molecule has 0 aliphatic rings. The number of nitrogens with one attached hydrogen (secondary N) is 1. The topological polar surface area (TPSA) is 73.2 Å². The number of amides is 1. The Morgan fingerprint density at radius 3 is 2.88 bits per heavy atom. The van der Waals surface area contributed by atoms with Crippen LogP contribution in [0.3, 0.4) is 0 Å². The largest absolute Gasteiger partial charge is 0.381 e. The van der Waals surface area contributed by atoms with E-state index >= 15 is 0 Å². The molecule has 2 aromatic rings. The van der Waals surface area contributed by atoms with E-state index < -0.39 is 0 Å². The fourth-order valence-corrected chi connectivity index (χ4v) is 2.56. The highest BCUT2D eigenvalue weighted by atomic mass is 16.5. The van der Waals surface area contributed by atoms with Crippen molar-refractivity contribution in [2.75, 3.05) is 19.8 Å². The number of nitrogens with zero attached hydrogens (tertiary/aromatic N) is 2. The van der Waals surface area contributed by atoms with E-state index in [1.165, 1.54) is 10.9 Å². The number of carbonyl (C=O) groups is 1. The SMILES string of the molecule is CCCCOCCCNC(=O)CCn1cnc2c(C)cccc2c1=O. The van der Waals surface area contributed by atoms with Crippen molar-refractivity contribution in [3.63, 3.8) is 0 Å². The average molecular weight is 345 g/mol. The summed E-state index contributed by atoms with van der Waals surface area (Å²) in [5.74, 6) is -0.0650. The molecule has 0 bridgehead atoms. The minimum atomic E-state index is -0.106. The van der Waals surface area contributed by atoms with Gasteiger partial charge in [-0.05, 0) is 31.4 Å². The van der Waals surface area contributed by atoms with Gasteiger partial charge in [0.05, 0.1) is 17.2 Å². The van der Waals surface area contributed by atoms with Crippen LogP contribution in [0.15, 0.2) is 29.3 Å². The van der Waals surface area contributed by atoms with Crippen LogP contribution in [-0.4, -0.2) is 35.2 Å². The Bertz CT molecular complexity index is 755. The summed E-state index contributed by atoms with van der Waals surface area (Å²) in [5, 5.41) is 3.44. The molecule has 25 heavy (non-hydrogen) atoms. The number of unbranched alkanes of at least 4 members (excludes halogenated alkanes) is 1. The van der Waals surface area contributed by atoms with Gasteiger partial charge in [-0.15, -0.1) is 0 Å². The highest BCUT2D eigenvalue weighted by Gasteiger charge is 2.07. The van der Waals surface area contributed by atoms with Gasteiger partial charge in [0, 0.05) is 32.7 Å². The lowest BCUT2D eigenvalue weighted by atomic mass is 10.1. The highest BCUT2D eigenvalue weighted by molar-refractivity contribution is 5.80. The van der Waals surface area contributed by atoms with E-state index in [1.54, 1.807) is 6.07 Å². The van der Waals surface area contributed by atoms with Gasteiger partial charge in [-0.2, -0.15) is 0 Å². The Morgan fingerprint density at radius 1 is 1.28 bits per heavy atom. The average Bonchev–Trinajstić information content (AvgIpc) is 2.61. The lowest BCUT2D eigenvalue weighted by Crippen LogP contribution is -2.28. The predicted molar refractivity (Wildman–Crippen MR) is 98.7 cm³/mol. The van der Waals surface area contributed by atoms with Crippen LogP contribution in [-0.2, 0) is 16.1 Å². The number of rotatable bonds is 10. The zero-order valence-corrected chi connectivity index (χ0v) is 15.1. The number of aryl methyl sites for hydroxylation is 2. The lowest BCUT2D eigenvalue weighted by molar-refractivity contribution is -0.121. The van der Waals surface area contributed by atoms with E-state index in [2.05, 4.69) is 17.2 Å². The summed E-state index contributed by atoms with van der Waals surface area (Å²) in [6, 6.07) is 5.55. The third kappa shape index (κ3) is 5.67. The molecule has 2 rings (SSSR count). The van der Waals surface area contributed by atoms with Gasteiger partial charge in [0.1, 0.15) is 0 Å². The van der Waals surface area contributed by atoms with Crippen LogP contribution in [0.25, 0.3) is 10.9 Å². The summed E-state index contributed by atoms with van der Waals surface area (Å²) < 4.78 is 6.94. The van der Waals surface area contributed by atoms with Crippen molar-refractivity contribution in [3.8, 4) is 0 Å². The molecule has 6 heteroatoms. The maximum Gasteiger partial charge on any atom is 0.261 e. The van der Waals surface area contributed by atoms with E-state index in [9.17, 15) is 9.59 Å². The number of ether oxygens (including phenoxy) is 1. The molecule has 1 aromatic carbocycles. The Balaban J connectivity index is 1.77. The van der Waals surface area contributed by atoms with Gasteiger partial charge in [0.15, 0.2) is 0 Å². The van der Waals surface area contributed by atoms with Crippen molar-refractivity contribution >= 4 is 16.8 Å². The van der Waals surface area contributed by atoms with Crippen molar-refractivity contribution in [1.29, 1.82) is 0 Å². The van der Waals surface area contributed by atoms with Gasteiger partial charge in [-0.25, -0.2) is 4.98 Å². The van der Waals surface area contributed by atoms with Crippen molar-refractivity contribution in [2.24, 2.45) is 0 Å². The molecule has 1 amide bonds. The third-order valence-electron chi connectivity index (χ3n) is 4.06. The molecule has 0 aliphatic heterocycles. The van der Waals surface area contributed by atoms with Gasteiger partial charge in [-0.3, -0.25) is 14.2 Å². The Morgan fingerprint density at radius 2 is 2.08 bits per heavy atom. The molecule has 0 unspecified atom stereocenters. The maximum atomic E-state index is 12.5. The summed E-state index contributed by atoms with van der Waals surface area (Å²) in [5.41, 5.74) is 1.59. The standard InChI is InChI=1S/C19H27N3O3/c1-3-4-12-25-13-6-10-20-17(23)9-11-22-14-21-18-15(2)7-5-8-16(18)19(22)24/h5,7-8,14H,3-4,6,9-13H2,1-2H3,(H,20,23). The van der Waals surface area contributed by atoms with Crippen molar-refractivity contribution in [2.45, 2.75) is 46.1 Å². The van der Waals surface area contributed by atoms with E-state index in [0.717, 1.165) is 36.9 Å². The first kappa shape index (κ1) is 19.1. The molecule has 0 aliphatic carbocycles. The van der Waals surface area contributed by atoms with Crippen LogP contribution in [0.4, 0.5) is 0 Å². The van der Waals surface area contributed by atoms with Crippen LogP contribution in [0.5, 0.6) is 0 Å². The quantitative estimate of drug-likeness (QED) is 0.671. The first-order valence-corrected chi connectivity index (χ1v) is 8.92. The van der Waals surface area contributed by atoms with Crippen LogP contribution in [0.1, 0.15) is 38.2 Å². The number of benzene rings is 1. The molecular weight excluding hydrogens is 318 g/mol. The van der Waals surface area contributed by atoms with Crippen LogP contribution in [0.2, 0.25) is 0 Å². The van der Waals surface area contributed by atoms with Crippen molar-refractivity contribution in [1.82, 2.24) is 14.9 Å². The maximum absolute atomic E-state index is 12.5. The molecule has 0 spiro atoms. The minimum Gasteiger partial charge on any atom is -0.381 e. The third-order valence-corrected chi connectivity index (χ3v) is 4.06. The van der Waals surface area contributed by atoms with E-state index in [-0.39, 0.29) is 17.9 Å². The molecule has 0 atom stereocenters. The molecule has 0 fully saturated rings. The van der Waals surface area contributed by atoms with E-state index in [0.29, 0.717) is 25.1 Å². The second-order valence-corrected chi connectivity index (χ2v) is 6.13. The molecule has 6 nitrogen and oxygen atoms in total. The van der Waals surface area contributed by atoms with E-state index in [4.69, 9.17) is 4.74 Å². The summed E-state index contributed by atoms with van der Waals surface area (Å²) >= 11 is 0. The van der Waals surface area contributed by atoms with Crippen LogP contribution >= 0.6 is 0 Å². The fourth-order valence-electron chi connectivity index (χ4n) is 2.56. The molecule has 0 saturated heterocycles. The van der Waals surface area contributed by atoms with Gasteiger partial charge in [0.25, 0.3) is 5.56 Å². The second-order valence-electron chi connectivity index (χ2n) is 6.13. The number of para-hydroxylation sites is 1. The second kappa shape index (κ2) is 9.93. The Kier molecular flexibility index (Phi) is 7.60. The zero-order chi connectivity index (χ0) is 18.1. The normalized spacial score (nSPS) is 11.0. The van der Waals surface area contributed by atoms with Crippen LogP contribution in [0, 0.1) is 6.92 Å². The molecule has 0 radical (unpaired) electrons.